The number of ether oxygens (including phenoxy) is 1. The molecule has 2 atom stereocenters. The summed E-state index contributed by atoms with van der Waals surface area (Å²) >= 11 is 12.2. The van der Waals surface area contributed by atoms with Gasteiger partial charge < -0.3 is 26.0 Å². The molecule has 3 aliphatic rings. The second-order valence-electron chi connectivity index (χ2n) is 12.4. The Balaban J connectivity index is 0.000000135. The molecule has 0 saturated carbocycles. The Labute approximate surface area is 299 Å². The number of nitrogens with two attached hydrogens (primary N) is 1. The molecule has 6 aromatic rings. The summed E-state index contributed by atoms with van der Waals surface area (Å²) in [6.45, 7) is 2.00. The van der Waals surface area contributed by atoms with Gasteiger partial charge in [-0.25, -0.2) is 4.99 Å². The molecule has 5 N–H and O–H groups in total. The van der Waals surface area contributed by atoms with Crippen LogP contribution in [0.25, 0.3) is 21.5 Å². The first-order valence-electron chi connectivity index (χ1n) is 16.5. The molecule has 50 heavy (non-hydrogen) atoms. The summed E-state index contributed by atoms with van der Waals surface area (Å²) in [6, 6.07) is 37.2. The molecule has 0 aromatic heterocycles. The Kier molecular flexibility index (Phi) is 9.35. The van der Waals surface area contributed by atoms with Gasteiger partial charge in [-0.1, -0.05) is 108 Å². The minimum Gasteiger partial charge on any atom is -0.384 e. The van der Waals surface area contributed by atoms with E-state index in [2.05, 4.69) is 10.3 Å². The number of halogens is 2. The highest BCUT2D eigenvalue weighted by Gasteiger charge is 2.48. The number of anilines is 1. The first-order valence-corrected chi connectivity index (χ1v) is 17.2. The van der Waals surface area contributed by atoms with Gasteiger partial charge in [-0.05, 0) is 77.2 Å². The first-order chi connectivity index (χ1) is 24.2. The van der Waals surface area contributed by atoms with Gasteiger partial charge in [-0.3, -0.25) is 4.79 Å². The van der Waals surface area contributed by atoms with Gasteiger partial charge in [0.25, 0.3) is 5.91 Å². The van der Waals surface area contributed by atoms with Crippen LogP contribution < -0.4 is 11.1 Å². The number of aliphatic hydroxyl groups is 2. The van der Waals surface area contributed by atoms with Crippen LogP contribution in [0, 0.1) is 0 Å². The van der Waals surface area contributed by atoms with Gasteiger partial charge in [0.15, 0.2) is 11.2 Å². The number of carbonyl (C=O) groups is 1. The molecule has 0 spiro atoms. The zero-order chi connectivity index (χ0) is 34.9. The maximum atomic E-state index is 12.5. The second kappa shape index (κ2) is 13.9. The number of hydrogen-bond acceptors (Lipinski definition) is 6. The molecule has 7 nitrogen and oxygen atoms in total. The number of rotatable bonds is 2. The van der Waals surface area contributed by atoms with Gasteiger partial charge in [-0.15, -0.1) is 0 Å². The third kappa shape index (κ3) is 6.02. The number of nitrogens with one attached hydrogen (secondary N) is 1. The zero-order valence-corrected chi connectivity index (χ0v) is 28.6. The lowest BCUT2D eigenvalue weighted by Gasteiger charge is -2.26. The van der Waals surface area contributed by atoms with Crippen molar-refractivity contribution in [3.63, 3.8) is 0 Å². The third-order valence-electron chi connectivity index (χ3n) is 9.34. The average Bonchev–Trinajstić information content (AvgIpc) is 3.56. The van der Waals surface area contributed by atoms with Crippen LogP contribution in [0.4, 0.5) is 11.4 Å². The highest BCUT2D eigenvalue weighted by molar-refractivity contribution is 6.31. The van der Waals surface area contributed by atoms with Crippen molar-refractivity contribution in [3.8, 4) is 0 Å². The van der Waals surface area contributed by atoms with Gasteiger partial charge in [0.1, 0.15) is 5.84 Å². The van der Waals surface area contributed by atoms with Crippen LogP contribution in [0.1, 0.15) is 41.5 Å². The minimum absolute atomic E-state index is 0.168. The Hall–Kier alpha value is -4.76. The van der Waals surface area contributed by atoms with Crippen LogP contribution in [0.5, 0.6) is 0 Å². The highest BCUT2D eigenvalue weighted by atomic mass is 35.5. The lowest BCUT2D eigenvalue weighted by molar-refractivity contribution is -0.129. The van der Waals surface area contributed by atoms with Crippen molar-refractivity contribution in [2.24, 2.45) is 10.7 Å². The third-order valence-corrected chi connectivity index (χ3v) is 9.81. The number of nitrogens with zero attached hydrogens (tertiary/aromatic N) is 1. The molecule has 9 heteroatoms. The summed E-state index contributed by atoms with van der Waals surface area (Å²) in [6.07, 6.45) is 3.93. The van der Waals surface area contributed by atoms with Crippen molar-refractivity contribution in [1.29, 1.82) is 0 Å². The minimum atomic E-state index is -1.74. The summed E-state index contributed by atoms with van der Waals surface area (Å²) in [7, 11) is 0. The van der Waals surface area contributed by atoms with Gasteiger partial charge in [0.05, 0.1) is 5.69 Å². The molecule has 9 rings (SSSR count). The van der Waals surface area contributed by atoms with E-state index < -0.39 is 17.1 Å². The van der Waals surface area contributed by atoms with E-state index in [0.717, 1.165) is 34.8 Å². The second-order valence-corrected chi connectivity index (χ2v) is 13.3. The van der Waals surface area contributed by atoms with Gasteiger partial charge in [-0.2, -0.15) is 0 Å². The summed E-state index contributed by atoms with van der Waals surface area (Å²) in [4.78, 5) is 16.8. The van der Waals surface area contributed by atoms with Crippen LogP contribution in [-0.4, -0.2) is 35.2 Å². The van der Waals surface area contributed by atoms with Crippen molar-refractivity contribution < 1.29 is 19.7 Å². The fourth-order valence-electron chi connectivity index (χ4n) is 6.82. The topological polar surface area (TPSA) is 117 Å². The first kappa shape index (κ1) is 33.7. The number of amidine groups is 1. The Morgan fingerprint density at radius 3 is 1.76 bits per heavy atom. The molecule has 6 aromatic carbocycles. The maximum Gasteiger partial charge on any atom is 0.265 e. The highest BCUT2D eigenvalue weighted by Crippen LogP contribution is 2.46. The fraction of sp³-hybridized carbons (Fsp3) is 0.171. The summed E-state index contributed by atoms with van der Waals surface area (Å²) in [5.41, 5.74) is 6.52. The number of hydrogen-bond donors (Lipinski definition) is 4. The molecule has 252 valence electrons. The quantitative estimate of drug-likeness (QED) is 0.144. The molecule has 1 saturated heterocycles. The smallest absolute Gasteiger partial charge is 0.265 e. The van der Waals surface area contributed by atoms with Crippen molar-refractivity contribution in [2.45, 2.75) is 30.5 Å². The van der Waals surface area contributed by atoms with E-state index in [0.29, 0.717) is 43.7 Å². The van der Waals surface area contributed by atoms with E-state index in [9.17, 15) is 15.0 Å². The van der Waals surface area contributed by atoms with Crippen LogP contribution in [-0.2, 0) is 20.7 Å². The average molecular weight is 705 g/mol. The van der Waals surface area contributed by atoms with Crippen molar-refractivity contribution in [2.75, 3.05) is 18.5 Å². The summed E-state index contributed by atoms with van der Waals surface area (Å²) in [5.74, 6) is -0.290. The molecule has 1 amide bonds. The molecule has 1 fully saturated rings. The molecule has 0 bridgehead atoms. The lowest BCUT2D eigenvalue weighted by Crippen LogP contribution is -2.39. The monoisotopic (exact) mass is 703 g/mol. The van der Waals surface area contributed by atoms with Crippen LogP contribution >= 0.6 is 23.2 Å². The standard InChI is InChI=1S/C18H13ClN2O.C18H12ClNO2.C5H10O/c19-12-8-9-16-15(10-12)18(22,17(20)21-16)14-7-3-5-11-4-1-2-6-13(11)14;19-12-8-9-16-15(10-12)18(22,17(21)20-16)14-7-3-5-11-4-1-2-6-13(11)14;1-2-4-6-5-3-1/h1-10,22H,(H2,20,21);1-10,22H,(H,20,21);1-5H2. The predicted octanol–water partition coefficient (Wildman–Crippen LogP) is 8.60. The number of aliphatic imine (C=N–C) groups is 1. The Morgan fingerprint density at radius 2 is 1.18 bits per heavy atom. The zero-order valence-electron chi connectivity index (χ0n) is 27.1. The maximum absolute atomic E-state index is 12.5. The number of benzene rings is 6. The van der Waals surface area contributed by atoms with E-state index in [-0.39, 0.29) is 5.84 Å². The van der Waals surface area contributed by atoms with Crippen molar-refractivity contribution in [1.82, 2.24) is 0 Å². The number of fused-ring (bicyclic) bond motifs is 4. The van der Waals surface area contributed by atoms with Crippen molar-refractivity contribution >= 4 is 67.9 Å². The largest absolute Gasteiger partial charge is 0.384 e. The van der Waals surface area contributed by atoms with E-state index in [4.69, 9.17) is 33.7 Å². The SMILES string of the molecule is C1CCOCC1.NC1=Nc2ccc(Cl)cc2C1(O)c1cccc2ccccc12.O=C1Nc2ccc(Cl)cc2C1(O)c1cccc2ccccc12. The van der Waals surface area contributed by atoms with Crippen LogP contribution in [0.15, 0.2) is 126 Å². The van der Waals surface area contributed by atoms with Gasteiger partial charge in [0, 0.05) is 51.2 Å². The van der Waals surface area contributed by atoms with E-state index in [1.165, 1.54) is 19.3 Å². The molecule has 3 aliphatic heterocycles. The van der Waals surface area contributed by atoms with E-state index in [1.54, 1.807) is 42.5 Å². The van der Waals surface area contributed by atoms with Crippen molar-refractivity contribution in [3.05, 3.63) is 154 Å². The lowest BCUT2D eigenvalue weighted by atomic mass is 9.83. The number of carbonyl (C=O) groups excluding carboxylic acids is 1. The number of amides is 1. The summed E-state index contributed by atoms with van der Waals surface area (Å²) < 4.78 is 5.07. The Morgan fingerprint density at radius 1 is 0.640 bits per heavy atom. The van der Waals surface area contributed by atoms with Crippen LogP contribution in [0.3, 0.4) is 0 Å². The molecule has 0 radical (unpaired) electrons. The predicted molar refractivity (Wildman–Crippen MR) is 201 cm³/mol. The molecular formula is C41H35Cl2N3O4. The van der Waals surface area contributed by atoms with E-state index >= 15 is 0 Å². The van der Waals surface area contributed by atoms with Gasteiger partial charge in [0.2, 0.25) is 0 Å². The molecule has 0 aliphatic carbocycles. The Bertz CT molecular complexity index is 2170. The summed E-state index contributed by atoms with van der Waals surface area (Å²) in [5, 5.41) is 30.2. The van der Waals surface area contributed by atoms with Crippen LogP contribution in [0.2, 0.25) is 10.0 Å². The van der Waals surface area contributed by atoms with E-state index in [1.807, 2.05) is 78.9 Å². The fourth-order valence-corrected chi connectivity index (χ4v) is 7.17. The van der Waals surface area contributed by atoms with Gasteiger partial charge >= 0.3 is 0 Å². The molecule has 2 unspecified atom stereocenters. The molecular weight excluding hydrogens is 669 g/mol. The normalized spacial score (nSPS) is 20.5. The molecule has 3 heterocycles.